The molecular weight excluding hydrogens is 314 g/mol. The van der Waals surface area contributed by atoms with Crippen LogP contribution in [0.3, 0.4) is 0 Å². The Bertz CT molecular complexity index is 723. The molecule has 0 radical (unpaired) electrons. The van der Waals surface area contributed by atoms with Crippen LogP contribution in [0.25, 0.3) is 6.08 Å². The van der Waals surface area contributed by atoms with Gasteiger partial charge in [0, 0.05) is 19.7 Å². The van der Waals surface area contributed by atoms with Gasteiger partial charge in [0.1, 0.15) is 0 Å². The Morgan fingerprint density at radius 1 is 1.12 bits per heavy atom. The number of benzene rings is 2. The van der Waals surface area contributed by atoms with E-state index in [1.807, 2.05) is 62.4 Å². The molecule has 0 aliphatic carbocycles. The summed E-state index contributed by atoms with van der Waals surface area (Å²) in [6.45, 7) is 4.51. The number of likely N-dealkylation sites (N-methyl/N-ethyl adjacent to an activating group) is 1. The summed E-state index contributed by atoms with van der Waals surface area (Å²) in [5.74, 6) is 1.30. The van der Waals surface area contributed by atoms with E-state index in [-0.39, 0.29) is 12.0 Å². The van der Waals surface area contributed by atoms with Crippen molar-refractivity contribution in [1.82, 2.24) is 4.90 Å². The zero-order valence-corrected chi connectivity index (χ0v) is 15.2. The van der Waals surface area contributed by atoms with Crippen molar-refractivity contribution >= 4 is 12.0 Å². The average Bonchev–Trinajstić information content (AvgIpc) is 2.60. The van der Waals surface area contributed by atoms with Gasteiger partial charge in [-0.2, -0.15) is 0 Å². The standard InChI is InChI=1S/C21H25NO3/c1-16(2)25-19-12-10-17(14-20(19)24-4)11-13-21(23)22(3)15-18-8-6-5-7-9-18/h5-14,16H,15H2,1-4H3. The van der Waals surface area contributed by atoms with Gasteiger partial charge in [-0.15, -0.1) is 0 Å². The van der Waals surface area contributed by atoms with E-state index in [0.29, 0.717) is 18.0 Å². The molecule has 0 N–H and O–H groups in total. The molecule has 1 amide bonds. The van der Waals surface area contributed by atoms with Crippen molar-refractivity contribution in [3.63, 3.8) is 0 Å². The van der Waals surface area contributed by atoms with Crippen molar-refractivity contribution in [1.29, 1.82) is 0 Å². The number of ether oxygens (including phenoxy) is 2. The molecule has 0 aliphatic heterocycles. The van der Waals surface area contributed by atoms with E-state index >= 15 is 0 Å². The molecular formula is C21H25NO3. The van der Waals surface area contributed by atoms with Crippen LogP contribution in [-0.4, -0.2) is 31.1 Å². The first-order valence-corrected chi connectivity index (χ1v) is 8.31. The normalized spacial score (nSPS) is 10.9. The van der Waals surface area contributed by atoms with Gasteiger partial charge in [0.25, 0.3) is 0 Å². The van der Waals surface area contributed by atoms with E-state index in [4.69, 9.17) is 9.47 Å². The summed E-state index contributed by atoms with van der Waals surface area (Å²) in [6, 6.07) is 15.5. The van der Waals surface area contributed by atoms with E-state index in [0.717, 1.165) is 11.1 Å². The molecule has 132 valence electrons. The lowest BCUT2D eigenvalue weighted by molar-refractivity contribution is -0.125. The summed E-state index contributed by atoms with van der Waals surface area (Å²) in [6.07, 6.45) is 3.43. The number of carbonyl (C=O) groups excluding carboxylic acids is 1. The second kappa shape index (κ2) is 8.92. The fraction of sp³-hybridized carbons (Fsp3) is 0.286. The van der Waals surface area contributed by atoms with E-state index in [2.05, 4.69) is 0 Å². The molecule has 25 heavy (non-hydrogen) atoms. The first-order chi connectivity index (χ1) is 12.0. The maximum Gasteiger partial charge on any atom is 0.246 e. The third kappa shape index (κ3) is 5.68. The van der Waals surface area contributed by atoms with Gasteiger partial charge >= 0.3 is 0 Å². The van der Waals surface area contributed by atoms with Crippen molar-refractivity contribution in [3.05, 3.63) is 65.7 Å². The Hall–Kier alpha value is -2.75. The fourth-order valence-corrected chi connectivity index (χ4v) is 2.37. The lowest BCUT2D eigenvalue weighted by atomic mass is 10.1. The van der Waals surface area contributed by atoms with Crippen molar-refractivity contribution < 1.29 is 14.3 Å². The molecule has 0 heterocycles. The molecule has 0 fully saturated rings. The van der Waals surface area contributed by atoms with Crippen LogP contribution in [0.2, 0.25) is 0 Å². The highest BCUT2D eigenvalue weighted by Gasteiger charge is 2.08. The lowest BCUT2D eigenvalue weighted by Crippen LogP contribution is -2.24. The van der Waals surface area contributed by atoms with Gasteiger partial charge in [-0.1, -0.05) is 36.4 Å². The molecule has 0 saturated carbocycles. The first-order valence-electron chi connectivity index (χ1n) is 8.31. The molecule has 2 aromatic carbocycles. The van der Waals surface area contributed by atoms with E-state index in [9.17, 15) is 4.79 Å². The van der Waals surface area contributed by atoms with Crippen molar-refractivity contribution in [2.45, 2.75) is 26.5 Å². The summed E-state index contributed by atoms with van der Waals surface area (Å²) < 4.78 is 11.1. The van der Waals surface area contributed by atoms with Gasteiger partial charge < -0.3 is 14.4 Å². The molecule has 4 heteroatoms. The Morgan fingerprint density at radius 2 is 1.84 bits per heavy atom. The number of hydrogen-bond acceptors (Lipinski definition) is 3. The quantitative estimate of drug-likeness (QED) is 0.711. The minimum Gasteiger partial charge on any atom is -0.493 e. The molecule has 2 rings (SSSR count). The Balaban J connectivity index is 2.03. The molecule has 4 nitrogen and oxygen atoms in total. The van der Waals surface area contributed by atoms with Crippen molar-refractivity contribution in [3.8, 4) is 11.5 Å². The number of methoxy groups -OCH3 is 1. The van der Waals surface area contributed by atoms with Crippen molar-refractivity contribution in [2.24, 2.45) is 0 Å². The van der Waals surface area contributed by atoms with Crippen molar-refractivity contribution in [2.75, 3.05) is 14.2 Å². The highest BCUT2D eigenvalue weighted by atomic mass is 16.5. The van der Waals surface area contributed by atoms with Gasteiger partial charge in [-0.3, -0.25) is 4.79 Å². The third-order valence-corrected chi connectivity index (χ3v) is 3.61. The number of rotatable bonds is 7. The van der Waals surface area contributed by atoms with Crippen LogP contribution in [0.5, 0.6) is 11.5 Å². The SMILES string of the molecule is COc1cc(C=CC(=O)N(C)Cc2ccccc2)ccc1OC(C)C. The van der Waals surface area contributed by atoms with Gasteiger partial charge in [-0.25, -0.2) is 0 Å². The lowest BCUT2D eigenvalue weighted by Gasteiger charge is -2.15. The van der Waals surface area contributed by atoms with Gasteiger partial charge in [0.05, 0.1) is 13.2 Å². The number of nitrogens with zero attached hydrogens (tertiary/aromatic N) is 1. The minimum atomic E-state index is -0.0506. The maximum absolute atomic E-state index is 12.3. The largest absolute Gasteiger partial charge is 0.493 e. The summed E-state index contributed by atoms with van der Waals surface area (Å²) in [5.41, 5.74) is 1.98. The van der Waals surface area contributed by atoms with E-state index < -0.39 is 0 Å². The molecule has 0 spiro atoms. The highest BCUT2D eigenvalue weighted by Crippen LogP contribution is 2.29. The molecule has 0 atom stereocenters. The van der Waals surface area contributed by atoms with E-state index in [1.165, 1.54) is 0 Å². The number of carbonyl (C=O) groups is 1. The van der Waals surface area contributed by atoms with E-state index in [1.54, 1.807) is 31.2 Å². The molecule has 0 bridgehead atoms. The fourth-order valence-electron chi connectivity index (χ4n) is 2.37. The van der Waals surface area contributed by atoms with Crippen LogP contribution < -0.4 is 9.47 Å². The van der Waals surface area contributed by atoms with Crippen LogP contribution in [0.15, 0.2) is 54.6 Å². The summed E-state index contributed by atoms with van der Waals surface area (Å²) in [7, 11) is 3.40. The molecule has 2 aromatic rings. The van der Waals surface area contributed by atoms with Crippen LogP contribution in [0, 0.1) is 0 Å². The second-order valence-electron chi connectivity index (χ2n) is 6.09. The van der Waals surface area contributed by atoms with Crippen LogP contribution >= 0.6 is 0 Å². The summed E-state index contributed by atoms with van der Waals surface area (Å²) in [4.78, 5) is 14.0. The Labute approximate surface area is 149 Å². The molecule has 0 aliphatic rings. The van der Waals surface area contributed by atoms with Crippen LogP contribution in [0.1, 0.15) is 25.0 Å². The molecule has 0 saturated heterocycles. The second-order valence-corrected chi connectivity index (χ2v) is 6.09. The Kier molecular flexibility index (Phi) is 6.63. The predicted octanol–water partition coefficient (Wildman–Crippen LogP) is 4.15. The zero-order chi connectivity index (χ0) is 18.2. The van der Waals surface area contributed by atoms with Gasteiger partial charge in [-0.05, 0) is 43.2 Å². The van der Waals surface area contributed by atoms with Crippen LogP contribution in [-0.2, 0) is 11.3 Å². The summed E-state index contributed by atoms with van der Waals surface area (Å²) >= 11 is 0. The third-order valence-electron chi connectivity index (χ3n) is 3.61. The van der Waals surface area contributed by atoms with Crippen LogP contribution in [0.4, 0.5) is 0 Å². The van der Waals surface area contributed by atoms with Gasteiger partial charge in [0.2, 0.25) is 5.91 Å². The summed E-state index contributed by atoms with van der Waals surface area (Å²) in [5, 5.41) is 0. The molecule has 0 unspecified atom stereocenters. The van der Waals surface area contributed by atoms with Gasteiger partial charge in [0.15, 0.2) is 11.5 Å². The minimum absolute atomic E-state index is 0.0506. The Morgan fingerprint density at radius 3 is 2.48 bits per heavy atom. The smallest absolute Gasteiger partial charge is 0.246 e. The molecule has 0 aromatic heterocycles. The zero-order valence-electron chi connectivity index (χ0n) is 15.2. The monoisotopic (exact) mass is 339 g/mol. The number of amides is 1. The topological polar surface area (TPSA) is 38.8 Å². The predicted molar refractivity (Wildman–Crippen MR) is 101 cm³/mol. The first kappa shape index (κ1) is 18.6. The average molecular weight is 339 g/mol. The maximum atomic E-state index is 12.3. The highest BCUT2D eigenvalue weighted by molar-refractivity contribution is 5.91. The number of hydrogen-bond donors (Lipinski definition) is 0.